The van der Waals surface area contributed by atoms with Crippen LogP contribution in [0.4, 0.5) is 15.0 Å². The van der Waals surface area contributed by atoms with Crippen molar-refractivity contribution in [2.75, 3.05) is 18.0 Å². The predicted octanol–water partition coefficient (Wildman–Crippen LogP) is 2.95. The first kappa shape index (κ1) is 20.4. The summed E-state index contributed by atoms with van der Waals surface area (Å²) < 4.78 is 15.4. The van der Waals surface area contributed by atoms with Crippen LogP contribution in [0.5, 0.6) is 0 Å². The number of aromatic nitrogens is 3. The van der Waals surface area contributed by atoms with E-state index in [0.717, 1.165) is 36.4 Å². The maximum absolute atomic E-state index is 13.6. The highest BCUT2D eigenvalue weighted by molar-refractivity contribution is 6.30. The number of benzene rings is 1. The smallest absolute Gasteiger partial charge is 0.316 e. The van der Waals surface area contributed by atoms with Gasteiger partial charge in [0.25, 0.3) is 0 Å². The molecule has 0 aliphatic carbocycles. The number of likely N-dealkylation sites (tertiary alicyclic amines) is 1. The van der Waals surface area contributed by atoms with Gasteiger partial charge in [-0.1, -0.05) is 11.6 Å². The van der Waals surface area contributed by atoms with Crippen molar-refractivity contribution >= 4 is 29.1 Å². The standard InChI is InChI=1S/C16H14ClFN4.C4H8N2O2/c17-12-8-11(9-13(18)10-12)14-2-1-6-21(14)15-4-7-22-16(20-15)3-5-19-22;5-4(8)6-2-1-3(6)7/h3-5,7-10,14H,1-2,6H2;3,7H,1-2H2,(H2,5,8). The zero-order chi connectivity index (χ0) is 21.3. The van der Waals surface area contributed by atoms with Gasteiger partial charge in [-0.2, -0.15) is 5.10 Å². The number of aliphatic hydroxyl groups excluding tert-OH is 1. The third kappa shape index (κ3) is 4.17. The molecule has 0 saturated carbocycles. The topological polar surface area (TPSA) is 100.0 Å². The summed E-state index contributed by atoms with van der Waals surface area (Å²) in [6, 6.07) is 8.11. The van der Waals surface area contributed by atoms with Gasteiger partial charge in [0.05, 0.1) is 12.2 Å². The molecule has 4 heterocycles. The van der Waals surface area contributed by atoms with Crippen molar-refractivity contribution < 1.29 is 14.3 Å². The van der Waals surface area contributed by atoms with E-state index in [1.807, 2.05) is 24.4 Å². The summed E-state index contributed by atoms with van der Waals surface area (Å²) in [6.45, 7) is 1.49. The van der Waals surface area contributed by atoms with E-state index in [4.69, 9.17) is 22.4 Å². The number of carbonyl (C=O) groups excluding carboxylic acids is 1. The highest BCUT2D eigenvalue weighted by Gasteiger charge is 2.28. The Labute approximate surface area is 177 Å². The Hall–Kier alpha value is -2.91. The number of hydrogen-bond donors (Lipinski definition) is 2. The minimum atomic E-state index is -0.618. The number of primary amides is 1. The van der Waals surface area contributed by atoms with Crippen molar-refractivity contribution in [1.82, 2.24) is 19.5 Å². The molecule has 30 heavy (non-hydrogen) atoms. The van der Waals surface area contributed by atoms with E-state index in [9.17, 15) is 9.18 Å². The van der Waals surface area contributed by atoms with E-state index in [1.165, 1.54) is 11.0 Å². The molecular weight excluding hydrogens is 411 g/mol. The molecule has 3 N–H and O–H groups in total. The Kier molecular flexibility index (Phi) is 5.74. The number of nitrogens with zero attached hydrogens (tertiary/aromatic N) is 5. The SMILES string of the molecule is Fc1cc(Cl)cc(C2CCCN2c2ccn3nccc3n2)c1.NC(=O)N1CCC1O. The average molecular weight is 433 g/mol. The van der Waals surface area contributed by atoms with E-state index < -0.39 is 12.3 Å². The highest BCUT2D eigenvalue weighted by atomic mass is 35.5. The molecule has 2 saturated heterocycles. The van der Waals surface area contributed by atoms with E-state index in [-0.39, 0.29) is 11.9 Å². The molecule has 8 nitrogen and oxygen atoms in total. The Balaban J connectivity index is 0.000000230. The summed E-state index contributed by atoms with van der Waals surface area (Å²) in [5.41, 5.74) is 6.52. The Morgan fingerprint density at radius 2 is 2.07 bits per heavy atom. The first-order chi connectivity index (χ1) is 14.4. The Morgan fingerprint density at radius 1 is 1.23 bits per heavy atom. The van der Waals surface area contributed by atoms with Crippen LogP contribution in [0.1, 0.15) is 30.9 Å². The largest absolute Gasteiger partial charge is 0.373 e. The third-order valence-electron chi connectivity index (χ3n) is 5.33. The zero-order valence-corrected chi connectivity index (χ0v) is 16.9. The van der Waals surface area contributed by atoms with Crippen LogP contribution in [0.3, 0.4) is 0 Å². The number of amides is 2. The molecule has 158 valence electrons. The van der Waals surface area contributed by atoms with Crippen molar-refractivity contribution in [2.45, 2.75) is 31.5 Å². The molecule has 0 spiro atoms. The van der Waals surface area contributed by atoms with Crippen LogP contribution in [0.2, 0.25) is 5.02 Å². The summed E-state index contributed by atoms with van der Waals surface area (Å²) in [7, 11) is 0. The first-order valence-corrected chi connectivity index (χ1v) is 10.1. The lowest BCUT2D eigenvalue weighted by Crippen LogP contribution is -2.53. The van der Waals surface area contributed by atoms with E-state index in [0.29, 0.717) is 18.0 Å². The maximum Gasteiger partial charge on any atom is 0.316 e. The number of hydrogen-bond acceptors (Lipinski definition) is 5. The van der Waals surface area contributed by atoms with Crippen LogP contribution in [0, 0.1) is 5.82 Å². The molecule has 0 radical (unpaired) electrons. The lowest BCUT2D eigenvalue weighted by molar-refractivity contribution is -0.0386. The summed E-state index contributed by atoms with van der Waals surface area (Å²) >= 11 is 6.00. The lowest BCUT2D eigenvalue weighted by Gasteiger charge is -2.35. The van der Waals surface area contributed by atoms with Crippen LogP contribution in [0.25, 0.3) is 5.65 Å². The maximum atomic E-state index is 13.6. The fraction of sp³-hybridized carbons (Fsp3) is 0.350. The van der Waals surface area contributed by atoms with Crippen LogP contribution in [-0.2, 0) is 0 Å². The summed E-state index contributed by atoms with van der Waals surface area (Å²) in [6.07, 6.45) is 5.66. The van der Waals surface area contributed by atoms with Crippen molar-refractivity contribution in [3.63, 3.8) is 0 Å². The van der Waals surface area contributed by atoms with Gasteiger partial charge in [-0.15, -0.1) is 0 Å². The third-order valence-corrected chi connectivity index (χ3v) is 5.55. The minimum Gasteiger partial charge on any atom is -0.373 e. The lowest BCUT2D eigenvalue weighted by atomic mass is 10.0. The molecule has 2 aromatic heterocycles. The number of rotatable bonds is 2. The van der Waals surface area contributed by atoms with Crippen molar-refractivity contribution in [1.29, 1.82) is 0 Å². The molecule has 10 heteroatoms. The summed E-state index contributed by atoms with van der Waals surface area (Å²) in [5, 5.41) is 13.3. The van der Waals surface area contributed by atoms with Crippen molar-refractivity contribution in [2.24, 2.45) is 5.73 Å². The molecule has 2 amide bonds. The number of anilines is 1. The predicted molar refractivity (Wildman–Crippen MR) is 111 cm³/mol. The van der Waals surface area contributed by atoms with E-state index in [1.54, 1.807) is 16.8 Å². The van der Waals surface area contributed by atoms with Crippen molar-refractivity contribution in [3.8, 4) is 0 Å². The van der Waals surface area contributed by atoms with E-state index in [2.05, 4.69) is 15.0 Å². The van der Waals surface area contributed by atoms with Crippen LogP contribution in [0.15, 0.2) is 42.7 Å². The van der Waals surface area contributed by atoms with Gasteiger partial charge in [0.2, 0.25) is 0 Å². The fourth-order valence-electron chi connectivity index (χ4n) is 3.75. The van der Waals surface area contributed by atoms with Gasteiger partial charge in [0.15, 0.2) is 5.65 Å². The number of halogens is 2. The van der Waals surface area contributed by atoms with Gasteiger partial charge in [-0.3, -0.25) is 4.90 Å². The molecule has 3 aromatic rings. The number of carbonyl (C=O) groups is 1. The van der Waals surface area contributed by atoms with Gasteiger partial charge in [0.1, 0.15) is 17.9 Å². The van der Waals surface area contributed by atoms with Gasteiger partial charge in [-0.05, 0) is 42.7 Å². The molecule has 2 aliphatic rings. The second-order valence-electron chi connectivity index (χ2n) is 7.27. The molecule has 0 bridgehead atoms. The number of fused-ring (bicyclic) bond motifs is 1. The minimum absolute atomic E-state index is 0.103. The highest BCUT2D eigenvalue weighted by Crippen LogP contribution is 2.36. The molecule has 5 rings (SSSR count). The van der Waals surface area contributed by atoms with Gasteiger partial charge in [0, 0.05) is 36.8 Å². The Morgan fingerprint density at radius 3 is 2.70 bits per heavy atom. The Bertz CT molecular complexity index is 1040. The van der Waals surface area contributed by atoms with Crippen molar-refractivity contribution in [3.05, 3.63) is 59.1 Å². The zero-order valence-electron chi connectivity index (χ0n) is 16.2. The van der Waals surface area contributed by atoms with Gasteiger partial charge >= 0.3 is 6.03 Å². The average Bonchev–Trinajstić information content (AvgIpc) is 3.34. The monoisotopic (exact) mass is 432 g/mol. The first-order valence-electron chi connectivity index (χ1n) is 9.69. The quantitative estimate of drug-likeness (QED) is 0.648. The normalized spacial score (nSPS) is 20.6. The number of nitrogens with two attached hydrogens (primary N) is 1. The number of urea groups is 1. The van der Waals surface area contributed by atoms with Gasteiger partial charge in [-0.25, -0.2) is 18.7 Å². The van der Waals surface area contributed by atoms with E-state index >= 15 is 0 Å². The van der Waals surface area contributed by atoms with Crippen LogP contribution < -0.4 is 10.6 Å². The number of aliphatic hydroxyl groups is 1. The van der Waals surface area contributed by atoms with Crippen LogP contribution in [-0.4, -0.2) is 50.0 Å². The van der Waals surface area contributed by atoms with Crippen LogP contribution >= 0.6 is 11.6 Å². The molecule has 2 aliphatic heterocycles. The molecule has 2 fully saturated rings. The second kappa shape index (κ2) is 8.45. The molecular formula is C20H22ClFN6O2. The van der Waals surface area contributed by atoms with Gasteiger partial charge < -0.3 is 15.7 Å². The molecule has 2 atom stereocenters. The summed E-state index contributed by atoms with van der Waals surface area (Å²) in [5.74, 6) is 0.587. The second-order valence-corrected chi connectivity index (χ2v) is 7.71. The molecule has 2 unspecified atom stereocenters. The summed E-state index contributed by atoms with van der Waals surface area (Å²) in [4.78, 5) is 18.2. The molecule has 1 aromatic carbocycles. The fourth-order valence-corrected chi connectivity index (χ4v) is 3.98.